The van der Waals surface area contributed by atoms with Gasteiger partial charge in [0.05, 0.1) is 0 Å². The van der Waals surface area contributed by atoms with E-state index >= 15 is 0 Å². The Morgan fingerprint density at radius 3 is 2.17 bits per heavy atom. The summed E-state index contributed by atoms with van der Waals surface area (Å²) in [5.74, 6) is 0. The molecule has 0 radical (unpaired) electrons. The molecule has 1 aromatic rings. The van der Waals surface area contributed by atoms with Gasteiger partial charge < -0.3 is 0 Å². The van der Waals surface area contributed by atoms with Gasteiger partial charge in [0.1, 0.15) is 0 Å². The van der Waals surface area contributed by atoms with E-state index in [2.05, 4.69) is 40.3 Å². The molecule has 0 bridgehead atoms. The van der Waals surface area contributed by atoms with Gasteiger partial charge in [0, 0.05) is 0 Å². The van der Waals surface area contributed by atoms with Crippen molar-refractivity contribution in [3.8, 4) is 0 Å². The second-order valence-corrected chi connectivity index (χ2v) is 27.4. The van der Waals surface area contributed by atoms with Gasteiger partial charge in [0.25, 0.3) is 0 Å². The Balaban J connectivity index is 2.23. The normalized spacial score (nSPS) is 18.2. The molecule has 1 saturated heterocycles. The Hall–Kier alpha value is 1.11. The molecule has 100 valence electrons. The first kappa shape index (κ1) is 15.5. The second-order valence-electron chi connectivity index (χ2n) is 3.74. The zero-order valence-corrected chi connectivity index (χ0v) is 16.4. The van der Waals surface area contributed by atoms with Crippen molar-refractivity contribution in [1.82, 2.24) is 4.31 Å². The average Bonchev–Trinajstić information content (AvgIpc) is 2.40. The summed E-state index contributed by atoms with van der Waals surface area (Å²) >= 11 is 4.88. The summed E-state index contributed by atoms with van der Waals surface area (Å²) in [6, 6.07) is 7.32. The summed E-state index contributed by atoms with van der Waals surface area (Å²) in [6.07, 6.45) is 0. The van der Waals surface area contributed by atoms with Gasteiger partial charge in [-0.15, -0.1) is 0 Å². The molecule has 1 aliphatic heterocycles. The minimum atomic E-state index is -3.34. The van der Waals surface area contributed by atoms with Gasteiger partial charge in [0.2, 0.25) is 0 Å². The van der Waals surface area contributed by atoms with Crippen molar-refractivity contribution in [3.63, 3.8) is 0 Å². The van der Waals surface area contributed by atoms with Crippen LogP contribution in [0.2, 0.25) is 0 Å². The minimum absolute atomic E-state index is 0.386. The van der Waals surface area contributed by atoms with E-state index in [0.29, 0.717) is 31.2 Å². The van der Waals surface area contributed by atoms with E-state index in [4.69, 9.17) is 4.74 Å². The van der Waals surface area contributed by atoms with Crippen molar-refractivity contribution < 1.29 is 13.2 Å². The van der Waals surface area contributed by atoms with Crippen LogP contribution < -0.4 is 4.35 Å². The van der Waals surface area contributed by atoms with E-state index in [9.17, 15) is 8.42 Å². The molecule has 0 amide bonds. The number of benzene rings is 1. The van der Waals surface area contributed by atoms with E-state index in [0.717, 1.165) is 0 Å². The molecule has 8 heteroatoms. The van der Waals surface area contributed by atoms with Crippen molar-refractivity contribution in [1.29, 1.82) is 0 Å². The maximum absolute atomic E-state index is 12.3. The molecule has 0 aliphatic carbocycles. The maximum atomic E-state index is 12.3. The van der Waals surface area contributed by atoms with Crippen molar-refractivity contribution in [2.45, 2.75) is 4.90 Å². The fourth-order valence-electron chi connectivity index (χ4n) is 1.67. The second kappa shape index (κ2) is 6.71. The molecule has 1 heterocycles. The molecule has 0 N–H and O–H groups in total. The molecule has 1 fully saturated rings. The van der Waals surface area contributed by atoms with Crippen LogP contribution in [0.25, 0.3) is 0 Å². The first-order valence-electron chi connectivity index (χ1n) is 5.31. The van der Waals surface area contributed by atoms with Crippen LogP contribution in [-0.2, 0) is 14.8 Å². The number of hydrogen-bond donors (Lipinski definition) is 0. The van der Waals surface area contributed by atoms with Gasteiger partial charge in [-0.2, -0.15) is 0 Å². The van der Waals surface area contributed by atoms with Crippen LogP contribution in [0, 0.1) is 0 Å². The van der Waals surface area contributed by atoms with Gasteiger partial charge >= 0.3 is 136 Å². The van der Waals surface area contributed by atoms with Crippen molar-refractivity contribution >= 4 is 62.6 Å². The molecule has 1 aliphatic rings. The number of morpholine rings is 1. The summed E-state index contributed by atoms with van der Waals surface area (Å²) in [4.78, 5) is 0.386. The number of sulfonamides is 1. The quantitative estimate of drug-likeness (QED) is 0.418. The van der Waals surface area contributed by atoms with E-state index in [1.807, 2.05) is 12.1 Å². The van der Waals surface area contributed by atoms with Crippen LogP contribution >= 0.6 is 40.3 Å². The summed E-state index contributed by atoms with van der Waals surface area (Å²) in [6.45, 7) is 1.85. The van der Waals surface area contributed by atoms with E-state index in [1.165, 1.54) is 8.66 Å². The Kier molecular flexibility index (Phi) is 5.78. The number of ether oxygens (including phenoxy) is 1. The van der Waals surface area contributed by atoms with Gasteiger partial charge in [-0.05, 0) is 0 Å². The predicted molar refractivity (Wildman–Crippen MR) is 89.4 cm³/mol. The Morgan fingerprint density at radius 2 is 1.67 bits per heavy atom. The molecule has 0 spiro atoms. The zero-order valence-electron chi connectivity index (χ0n) is 9.42. The van der Waals surface area contributed by atoms with Crippen LogP contribution in [0.3, 0.4) is 0 Å². The third kappa shape index (κ3) is 3.60. The summed E-state index contributed by atoms with van der Waals surface area (Å²) in [5, 5.41) is 0. The standard InChI is InChI=1S/C10H12AsI2NO3S/c12-11(13)9-1-3-10(4-2-9)18(15,16)14-5-7-17-8-6-14/h1-4H,5-8H2. The van der Waals surface area contributed by atoms with Crippen molar-refractivity contribution in [3.05, 3.63) is 24.3 Å². The first-order chi connectivity index (χ1) is 8.51. The Morgan fingerprint density at radius 1 is 1.11 bits per heavy atom. The molecule has 1 aromatic carbocycles. The van der Waals surface area contributed by atoms with E-state index in [1.54, 1.807) is 12.1 Å². The molecule has 0 aromatic heterocycles. The van der Waals surface area contributed by atoms with Crippen LogP contribution in [-0.4, -0.2) is 47.0 Å². The predicted octanol–water partition coefficient (Wildman–Crippen LogP) is 1.27. The molecule has 4 nitrogen and oxygen atoms in total. The molecular weight excluding hydrogens is 543 g/mol. The topological polar surface area (TPSA) is 46.6 Å². The van der Waals surface area contributed by atoms with Gasteiger partial charge in [-0.1, -0.05) is 0 Å². The fraction of sp³-hybridized carbons (Fsp3) is 0.400. The molecule has 18 heavy (non-hydrogen) atoms. The van der Waals surface area contributed by atoms with Crippen LogP contribution in [0.5, 0.6) is 0 Å². The van der Waals surface area contributed by atoms with Crippen molar-refractivity contribution in [2.75, 3.05) is 26.3 Å². The summed E-state index contributed by atoms with van der Waals surface area (Å²) in [7, 11) is -4.33. The van der Waals surface area contributed by atoms with Crippen LogP contribution in [0.1, 0.15) is 0 Å². The Bertz CT molecular complexity index is 500. The summed E-state index contributed by atoms with van der Waals surface area (Å²) < 4.78 is 32.6. The fourth-order valence-corrected chi connectivity index (χ4v) is 7.20. The van der Waals surface area contributed by atoms with Gasteiger partial charge in [-0.25, -0.2) is 0 Å². The number of rotatable bonds is 3. The van der Waals surface area contributed by atoms with E-state index < -0.39 is 18.0 Å². The Labute approximate surface area is 134 Å². The first-order valence-corrected chi connectivity index (χ1v) is 19.1. The van der Waals surface area contributed by atoms with Gasteiger partial charge in [-0.3, -0.25) is 0 Å². The monoisotopic (exact) mass is 555 g/mol. The third-order valence-corrected chi connectivity index (χ3v) is 11.8. The van der Waals surface area contributed by atoms with Crippen LogP contribution in [0.15, 0.2) is 29.2 Å². The third-order valence-electron chi connectivity index (χ3n) is 2.64. The van der Waals surface area contributed by atoms with E-state index in [-0.39, 0.29) is 0 Å². The van der Waals surface area contributed by atoms with Crippen molar-refractivity contribution in [2.24, 2.45) is 0 Å². The molecule has 2 rings (SSSR count). The number of halogens is 2. The average molecular weight is 555 g/mol. The molecule has 0 unspecified atom stereocenters. The molecule has 0 atom stereocenters. The zero-order chi connectivity index (χ0) is 13.2. The SMILES string of the molecule is O=S(=O)(c1ccc([As](I)I)cc1)N1CCOCC1. The number of nitrogens with zero attached hydrogens (tertiary/aromatic N) is 1. The molecular formula is C10H12AsI2NO3S. The van der Waals surface area contributed by atoms with Crippen LogP contribution in [0.4, 0.5) is 0 Å². The van der Waals surface area contributed by atoms with Gasteiger partial charge in [0.15, 0.2) is 0 Å². The number of hydrogen-bond acceptors (Lipinski definition) is 3. The molecule has 0 saturated carbocycles. The summed E-state index contributed by atoms with van der Waals surface area (Å²) in [5.41, 5.74) is 0.